The Morgan fingerprint density at radius 3 is 2.61 bits per heavy atom. The molecule has 1 amide bonds. The fourth-order valence-corrected chi connectivity index (χ4v) is 3.61. The number of carbonyl (C=O) groups excluding carboxylic acids is 1. The van der Waals surface area contributed by atoms with Crippen LogP contribution in [0.3, 0.4) is 0 Å². The Kier molecular flexibility index (Phi) is 5.83. The highest BCUT2D eigenvalue weighted by molar-refractivity contribution is 7.98. The Bertz CT molecular complexity index is 930. The molecule has 0 saturated carbocycles. The maximum Gasteiger partial charge on any atom is 0.407 e. The number of hydrogen-bond donors (Lipinski definition) is 1. The predicted molar refractivity (Wildman–Crippen MR) is 111 cm³/mol. The average Bonchev–Trinajstić information content (AvgIpc) is 2.63. The van der Waals surface area contributed by atoms with Crippen LogP contribution in [0.1, 0.15) is 33.6 Å². The number of alkyl carbamates (subject to hydrolysis) is 1. The Labute approximate surface area is 168 Å². The number of ether oxygens (including phenoxy) is 1. The van der Waals surface area contributed by atoms with Crippen molar-refractivity contribution in [2.75, 3.05) is 24.2 Å². The number of carbonyl (C=O) groups is 1. The first-order valence-electron chi connectivity index (χ1n) is 9.33. The van der Waals surface area contributed by atoms with E-state index in [-0.39, 0.29) is 11.6 Å². The molecule has 9 heteroatoms. The number of nitrogens with one attached hydrogen (secondary N) is 1. The summed E-state index contributed by atoms with van der Waals surface area (Å²) < 4.78 is 6.90. The van der Waals surface area contributed by atoms with Gasteiger partial charge in [-0.3, -0.25) is 9.36 Å². The first-order valence-corrected chi connectivity index (χ1v) is 10.6. The molecule has 0 bridgehead atoms. The molecule has 1 fully saturated rings. The van der Waals surface area contributed by atoms with Crippen molar-refractivity contribution in [1.82, 2.24) is 19.9 Å². The van der Waals surface area contributed by atoms with E-state index in [9.17, 15) is 9.59 Å². The molecule has 1 aliphatic heterocycles. The number of aryl methyl sites for hydroxylation is 1. The van der Waals surface area contributed by atoms with Gasteiger partial charge in [0.25, 0.3) is 5.56 Å². The Morgan fingerprint density at radius 1 is 1.32 bits per heavy atom. The quantitative estimate of drug-likeness (QED) is 0.620. The molecular weight excluding hydrogens is 378 g/mol. The fraction of sp³-hybridized carbons (Fsp3) is 0.579. The van der Waals surface area contributed by atoms with E-state index in [1.54, 1.807) is 17.8 Å². The fourth-order valence-electron chi connectivity index (χ4n) is 3.28. The van der Waals surface area contributed by atoms with Crippen LogP contribution in [-0.2, 0) is 11.8 Å². The number of hydrogen-bond acceptors (Lipinski definition) is 7. The van der Waals surface area contributed by atoms with Crippen molar-refractivity contribution in [3.63, 3.8) is 0 Å². The van der Waals surface area contributed by atoms with E-state index in [4.69, 9.17) is 4.74 Å². The molecule has 3 heterocycles. The molecule has 28 heavy (non-hydrogen) atoms. The van der Waals surface area contributed by atoms with Crippen molar-refractivity contribution >= 4 is 34.6 Å². The number of thioether (sulfide) groups is 1. The van der Waals surface area contributed by atoms with Crippen molar-refractivity contribution in [2.24, 2.45) is 7.05 Å². The van der Waals surface area contributed by atoms with Gasteiger partial charge >= 0.3 is 6.09 Å². The van der Waals surface area contributed by atoms with Crippen LogP contribution in [-0.4, -0.2) is 51.6 Å². The Morgan fingerprint density at radius 2 is 2.00 bits per heavy atom. The highest BCUT2D eigenvalue weighted by atomic mass is 32.2. The summed E-state index contributed by atoms with van der Waals surface area (Å²) in [5.41, 5.74) is 0.693. The number of piperidine rings is 1. The summed E-state index contributed by atoms with van der Waals surface area (Å²) in [4.78, 5) is 35.7. The lowest BCUT2D eigenvalue weighted by atomic mass is 10.0. The van der Waals surface area contributed by atoms with Crippen LogP contribution in [0.15, 0.2) is 22.2 Å². The van der Waals surface area contributed by atoms with E-state index in [2.05, 4.69) is 20.2 Å². The minimum atomic E-state index is -0.514. The van der Waals surface area contributed by atoms with Crippen molar-refractivity contribution in [1.29, 1.82) is 0 Å². The molecule has 0 unspecified atom stereocenters. The molecule has 2 aromatic rings. The number of aromatic nitrogens is 3. The van der Waals surface area contributed by atoms with Gasteiger partial charge in [0.1, 0.15) is 16.9 Å². The van der Waals surface area contributed by atoms with E-state index in [1.807, 2.05) is 33.1 Å². The van der Waals surface area contributed by atoms with Gasteiger partial charge in [-0.1, -0.05) is 11.8 Å². The van der Waals surface area contributed by atoms with E-state index in [0.717, 1.165) is 18.2 Å². The molecule has 1 saturated heterocycles. The first-order chi connectivity index (χ1) is 13.2. The Balaban J connectivity index is 1.72. The van der Waals surface area contributed by atoms with Gasteiger partial charge in [-0.25, -0.2) is 14.8 Å². The number of nitrogens with zero attached hydrogens (tertiary/aromatic N) is 4. The van der Waals surface area contributed by atoms with Crippen LogP contribution in [0.2, 0.25) is 0 Å². The van der Waals surface area contributed by atoms with Crippen molar-refractivity contribution in [3.05, 3.63) is 22.6 Å². The van der Waals surface area contributed by atoms with Crippen molar-refractivity contribution in [3.8, 4) is 0 Å². The molecule has 0 aliphatic carbocycles. The molecule has 0 aromatic carbocycles. The van der Waals surface area contributed by atoms with Crippen molar-refractivity contribution < 1.29 is 9.53 Å². The smallest absolute Gasteiger partial charge is 0.407 e. The maximum absolute atomic E-state index is 12.9. The lowest BCUT2D eigenvalue weighted by Gasteiger charge is -2.34. The molecule has 3 rings (SSSR count). The largest absolute Gasteiger partial charge is 0.444 e. The average molecular weight is 406 g/mol. The minimum Gasteiger partial charge on any atom is -0.444 e. The molecule has 0 atom stereocenters. The van der Waals surface area contributed by atoms with E-state index in [0.29, 0.717) is 29.6 Å². The normalized spacial score (nSPS) is 15.7. The van der Waals surface area contributed by atoms with Crippen LogP contribution < -0.4 is 15.8 Å². The SMILES string of the molecule is CSc1ncc2cc(N3CCC(NC(=O)OC(C)(C)C)CC3)c(=O)n(C)c2n1. The third kappa shape index (κ3) is 4.57. The topological polar surface area (TPSA) is 89.4 Å². The summed E-state index contributed by atoms with van der Waals surface area (Å²) in [6.07, 6.45) is 4.77. The molecule has 152 valence electrons. The summed E-state index contributed by atoms with van der Waals surface area (Å²) in [6, 6.07) is 1.91. The summed E-state index contributed by atoms with van der Waals surface area (Å²) in [5, 5.41) is 4.40. The van der Waals surface area contributed by atoms with Gasteiger partial charge in [0.2, 0.25) is 0 Å². The zero-order chi connectivity index (χ0) is 20.5. The van der Waals surface area contributed by atoms with Gasteiger partial charge in [0.15, 0.2) is 5.16 Å². The maximum atomic E-state index is 12.9. The lowest BCUT2D eigenvalue weighted by molar-refractivity contribution is 0.0497. The molecule has 0 radical (unpaired) electrons. The van der Waals surface area contributed by atoms with E-state index < -0.39 is 11.7 Å². The van der Waals surface area contributed by atoms with Gasteiger partial charge in [0, 0.05) is 37.8 Å². The number of anilines is 1. The zero-order valence-electron chi connectivity index (χ0n) is 17.0. The highest BCUT2D eigenvalue weighted by Gasteiger charge is 2.25. The number of amides is 1. The second kappa shape index (κ2) is 7.98. The molecule has 2 aromatic heterocycles. The third-order valence-electron chi connectivity index (χ3n) is 4.65. The molecule has 1 N–H and O–H groups in total. The predicted octanol–water partition coefficient (Wildman–Crippen LogP) is 2.54. The number of rotatable bonds is 3. The molecular formula is C19H27N5O3S. The van der Waals surface area contributed by atoms with Crippen LogP contribution in [0.25, 0.3) is 11.0 Å². The van der Waals surface area contributed by atoms with Gasteiger partial charge < -0.3 is 15.0 Å². The highest BCUT2D eigenvalue weighted by Crippen LogP contribution is 2.22. The monoisotopic (exact) mass is 405 g/mol. The van der Waals surface area contributed by atoms with E-state index in [1.165, 1.54) is 11.8 Å². The van der Waals surface area contributed by atoms with Crippen LogP contribution in [0.5, 0.6) is 0 Å². The third-order valence-corrected chi connectivity index (χ3v) is 5.21. The zero-order valence-corrected chi connectivity index (χ0v) is 17.8. The minimum absolute atomic E-state index is 0.0443. The number of pyridine rings is 1. The van der Waals surface area contributed by atoms with Crippen LogP contribution >= 0.6 is 11.8 Å². The van der Waals surface area contributed by atoms with Gasteiger partial charge in [-0.2, -0.15) is 0 Å². The lowest BCUT2D eigenvalue weighted by Crippen LogP contribution is -2.47. The van der Waals surface area contributed by atoms with Crippen LogP contribution in [0.4, 0.5) is 10.5 Å². The summed E-state index contributed by atoms with van der Waals surface area (Å²) in [7, 11) is 1.74. The summed E-state index contributed by atoms with van der Waals surface area (Å²) in [5.74, 6) is 0. The summed E-state index contributed by atoms with van der Waals surface area (Å²) in [6.45, 7) is 6.90. The van der Waals surface area contributed by atoms with E-state index >= 15 is 0 Å². The number of fused-ring (bicyclic) bond motifs is 1. The second-order valence-electron chi connectivity index (χ2n) is 7.94. The Hall–Kier alpha value is -2.29. The first kappa shape index (κ1) is 20.4. The van der Waals surface area contributed by atoms with Gasteiger partial charge in [0.05, 0.1) is 0 Å². The summed E-state index contributed by atoms with van der Waals surface area (Å²) >= 11 is 1.45. The standard InChI is InChI=1S/C19H27N5O3S/c1-19(2,3)27-18(26)21-13-6-8-24(9-7-13)14-10-12-11-20-17(28-5)22-15(12)23(4)16(14)25/h10-11,13H,6-9H2,1-5H3,(H,21,26). The van der Waals surface area contributed by atoms with Crippen LogP contribution in [0, 0.1) is 0 Å². The molecule has 1 aliphatic rings. The van der Waals surface area contributed by atoms with Crippen molar-refractivity contribution in [2.45, 2.75) is 50.4 Å². The van der Waals surface area contributed by atoms with Gasteiger partial charge in [-0.05, 0) is 45.9 Å². The molecule has 0 spiro atoms. The van der Waals surface area contributed by atoms with Gasteiger partial charge in [-0.15, -0.1) is 0 Å². The second-order valence-corrected chi connectivity index (χ2v) is 8.71. The molecule has 8 nitrogen and oxygen atoms in total.